The molecule has 1 aliphatic heterocycles. The monoisotopic (exact) mass is 256 g/mol. The van der Waals surface area contributed by atoms with Gasteiger partial charge in [0.05, 0.1) is 13.2 Å². The molecular weight excluding hydrogens is 232 g/mol. The van der Waals surface area contributed by atoms with Gasteiger partial charge in [-0.1, -0.05) is 0 Å². The average Bonchev–Trinajstić information content (AvgIpc) is 2.60. The molecule has 2 N–H and O–H groups in total. The Hall–Kier alpha value is -0.650. The molecule has 0 aromatic heterocycles. The number of nitrogens with two attached hydrogens (primary N) is 1. The SMILES string of the molecule is CCOC(=O)C1(N)CCC(N2CCCOCC2)C1. The van der Waals surface area contributed by atoms with Crippen molar-refractivity contribution < 1.29 is 14.3 Å². The summed E-state index contributed by atoms with van der Waals surface area (Å²) >= 11 is 0. The molecule has 0 spiro atoms. The van der Waals surface area contributed by atoms with Gasteiger partial charge in [-0.25, -0.2) is 0 Å². The van der Waals surface area contributed by atoms with Crippen LogP contribution in [0.25, 0.3) is 0 Å². The van der Waals surface area contributed by atoms with Gasteiger partial charge in [-0.05, 0) is 32.6 Å². The molecular formula is C13H24N2O3. The third kappa shape index (κ3) is 3.02. The van der Waals surface area contributed by atoms with Crippen LogP contribution in [0.5, 0.6) is 0 Å². The van der Waals surface area contributed by atoms with Crippen molar-refractivity contribution in [3.63, 3.8) is 0 Å². The van der Waals surface area contributed by atoms with Gasteiger partial charge in [0.1, 0.15) is 5.54 Å². The van der Waals surface area contributed by atoms with Crippen LogP contribution in [0.3, 0.4) is 0 Å². The normalized spacial score (nSPS) is 34.2. The Morgan fingerprint density at radius 2 is 2.33 bits per heavy atom. The second-order valence-electron chi connectivity index (χ2n) is 5.28. The van der Waals surface area contributed by atoms with Crippen LogP contribution in [0.1, 0.15) is 32.6 Å². The van der Waals surface area contributed by atoms with E-state index in [2.05, 4.69) is 4.90 Å². The zero-order chi connectivity index (χ0) is 13.0. The molecule has 2 unspecified atom stereocenters. The highest BCUT2D eigenvalue weighted by molar-refractivity contribution is 5.81. The first-order valence-corrected chi connectivity index (χ1v) is 6.93. The smallest absolute Gasteiger partial charge is 0.326 e. The molecule has 1 saturated carbocycles. The van der Waals surface area contributed by atoms with E-state index in [0.717, 1.165) is 45.6 Å². The van der Waals surface area contributed by atoms with Crippen molar-refractivity contribution >= 4 is 5.97 Å². The molecule has 2 fully saturated rings. The Kier molecular flexibility index (Phi) is 4.59. The molecule has 0 radical (unpaired) electrons. The minimum absolute atomic E-state index is 0.237. The fourth-order valence-corrected chi connectivity index (χ4v) is 2.95. The number of nitrogens with zero attached hydrogens (tertiary/aromatic N) is 1. The molecule has 5 nitrogen and oxygen atoms in total. The topological polar surface area (TPSA) is 64.8 Å². The summed E-state index contributed by atoms with van der Waals surface area (Å²) in [6, 6.07) is 0.404. The van der Waals surface area contributed by atoms with Crippen LogP contribution in [-0.4, -0.2) is 55.4 Å². The van der Waals surface area contributed by atoms with Gasteiger partial charge in [-0.2, -0.15) is 0 Å². The molecule has 1 saturated heterocycles. The number of esters is 1. The lowest BCUT2D eigenvalue weighted by molar-refractivity contribution is -0.149. The third-order valence-corrected chi connectivity index (χ3v) is 3.98. The van der Waals surface area contributed by atoms with Crippen LogP contribution in [0.15, 0.2) is 0 Å². The zero-order valence-corrected chi connectivity index (χ0v) is 11.2. The van der Waals surface area contributed by atoms with E-state index in [-0.39, 0.29) is 5.97 Å². The molecule has 0 aromatic carbocycles. The number of rotatable bonds is 3. The molecule has 0 amide bonds. The van der Waals surface area contributed by atoms with Gasteiger partial charge in [0, 0.05) is 25.7 Å². The van der Waals surface area contributed by atoms with Crippen molar-refractivity contribution in [1.82, 2.24) is 4.90 Å². The van der Waals surface area contributed by atoms with Crippen molar-refractivity contribution in [2.45, 2.75) is 44.2 Å². The maximum Gasteiger partial charge on any atom is 0.326 e. The predicted molar refractivity (Wildman–Crippen MR) is 68.2 cm³/mol. The predicted octanol–water partition coefficient (Wildman–Crippen LogP) is 0.522. The minimum atomic E-state index is -0.770. The summed E-state index contributed by atoms with van der Waals surface area (Å²) < 4.78 is 10.5. The Bertz CT molecular complexity index is 290. The lowest BCUT2D eigenvalue weighted by Crippen LogP contribution is -2.48. The summed E-state index contributed by atoms with van der Waals surface area (Å²) in [6.45, 7) is 5.84. The molecule has 1 heterocycles. The second-order valence-corrected chi connectivity index (χ2v) is 5.28. The lowest BCUT2D eigenvalue weighted by atomic mass is 9.99. The Balaban J connectivity index is 1.92. The zero-order valence-electron chi connectivity index (χ0n) is 11.2. The first kappa shape index (κ1) is 13.8. The summed E-state index contributed by atoms with van der Waals surface area (Å²) in [5.74, 6) is -0.237. The number of ether oxygens (including phenoxy) is 2. The highest BCUT2D eigenvalue weighted by atomic mass is 16.5. The van der Waals surface area contributed by atoms with Crippen molar-refractivity contribution in [2.75, 3.05) is 32.9 Å². The summed E-state index contributed by atoms with van der Waals surface area (Å²) in [4.78, 5) is 14.3. The van der Waals surface area contributed by atoms with Crippen LogP contribution in [-0.2, 0) is 14.3 Å². The summed E-state index contributed by atoms with van der Waals surface area (Å²) in [6.07, 6.45) is 3.49. The summed E-state index contributed by atoms with van der Waals surface area (Å²) in [7, 11) is 0. The molecule has 2 atom stereocenters. The fourth-order valence-electron chi connectivity index (χ4n) is 2.95. The van der Waals surface area contributed by atoms with Crippen molar-refractivity contribution in [1.29, 1.82) is 0 Å². The molecule has 2 aliphatic rings. The van der Waals surface area contributed by atoms with E-state index in [9.17, 15) is 4.79 Å². The van der Waals surface area contributed by atoms with E-state index in [1.165, 1.54) is 0 Å². The summed E-state index contributed by atoms with van der Waals surface area (Å²) in [5.41, 5.74) is 5.42. The number of hydrogen-bond acceptors (Lipinski definition) is 5. The number of carbonyl (C=O) groups is 1. The van der Waals surface area contributed by atoms with Crippen LogP contribution in [0, 0.1) is 0 Å². The molecule has 1 aliphatic carbocycles. The van der Waals surface area contributed by atoms with Crippen molar-refractivity contribution in [3.05, 3.63) is 0 Å². The maximum atomic E-state index is 11.9. The van der Waals surface area contributed by atoms with Crippen LogP contribution >= 0.6 is 0 Å². The van der Waals surface area contributed by atoms with E-state index < -0.39 is 5.54 Å². The van der Waals surface area contributed by atoms with E-state index in [0.29, 0.717) is 19.1 Å². The van der Waals surface area contributed by atoms with Crippen LogP contribution in [0.4, 0.5) is 0 Å². The van der Waals surface area contributed by atoms with Crippen molar-refractivity contribution in [3.8, 4) is 0 Å². The van der Waals surface area contributed by atoms with E-state index in [1.807, 2.05) is 6.92 Å². The van der Waals surface area contributed by atoms with Gasteiger partial charge in [0.25, 0.3) is 0 Å². The Labute approximate surface area is 109 Å². The van der Waals surface area contributed by atoms with Crippen LogP contribution < -0.4 is 5.73 Å². The summed E-state index contributed by atoms with van der Waals surface area (Å²) in [5, 5.41) is 0. The van der Waals surface area contributed by atoms with E-state index in [4.69, 9.17) is 15.2 Å². The van der Waals surface area contributed by atoms with E-state index in [1.54, 1.807) is 0 Å². The molecule has 5 heteroatoms. The number of hydrogen-bond donors (Lipinski definition) is 1. The first-order chi connectivity index (χ1) is 8.65. The molecule has 2 rings (SSSR count). The fraction of sp³-hybridized carbons (Fsp3) is 0.923. The number of carbonyl (C=O) groups excluding carboxylic acids is 1. The Morgan fingerprint density at radius 1 is 1.50 bits per heavy atom. The average molecular weight is 256 g/mol. The van der Waals surface area contributed by atoms with E-state index >= 15 is 0 Å². The van der Waals surface area contributed by atoms with Crippen LogP contribution in [0.2, 0.25) is 0 Å². The maximum absolute atomic E-state index is 11.9. The molecule has 18 heavy (non-hydrogen) atoms. The first-order valence-electron chi connectivity index (χ1n) is 6.93. The second kappa shape index (κ2) is 5.99. The highest BCUT2D eigenvalue weighted by Gasteiger charge is 2.44. The minimum Gasteiger partial charge on any atom is -0.465 e. The molecule has 0 bridgehead atoms. The van der Waals surface area contributed by atoms with Gasteiger partial charge in [-0.3, -0.25) is 9.69 Å². The van der Waals surface area contributed by atoms with Crippen molar-refractivity contribution in [2.24, 2.45) is 5.73 Å². The largest absolute Gasteiger partial charge is 0.465 e. The van der Waals surface area contributed by atoms with Gasteiger partial charge >= 0.3 is 5.97 Å². The molecule has 104 valence electrons. The molecule has 0 aromatic rings. The quantitative estimate of drug-likeness (QED) is 0.746. The highest BCUT2D eigenvalue weighted by Crippen LogP contribution is 2.32. The Morgan fingerprint density at radius 3 is 3.11 bits per heavy atom. The van der Waals surface area contributed by atoms with Gasteiger partial charge in [0.15, 0.2) is 0 Å². The van der Waals surface area contributed by atoms with Gasteiger partial charge < -0.3 is 15.2 Å². The van der Waals surface area contributed by atoms with Gasteiger partial charge in [-0.15, -0.1) is 0 Å². The van der Waals surface area contributed by atoms with Gasteiger partial charge in [0.2, 0.25) is 0 Å². The third-order valence-electron chi connectivity index (χ3n) is 3.98. The standard InChI is InChI=1S/C13H24N2O3/c1-2-18-12(16)13(14)5-4-11(10-13)15-6-3-8-17-9-7-15/h11H,2-10,14H2,1H3. The lowest BCUT2D eigenvalue weighted by Gasteiger charge is -2.28.